The summed E-state index contributed by atoms with van der Waals surface area (Å²) in [6.45, 7) is 3.25. The fourth-order valence-electron chi connectivity index (χ4n) is 5.18. The number of thiophene rings is 1. The summed E-state index contributed by atoms with van der Waals surface area (Å²) in [5, 5.41) is 13.7. The lowest BCUT2D eigenvalue weighted by Crippen LogP contribution is -2.48. The molecule has 1 aliphatic heterocycles. The van der Waals surface area contributed by atoms with Crippen LogP contribution < -0.4 is 0 Å². The molecule has 0 radical (unpaired) electrons. The second-order valence-corrected chi connectivity index (χ2v) is 13.0. The molecular weight excluding hydrogens is 582 g/mol. The Balaban J connectivity index is 0.00000462. The van der Waals surface area contributed by atoms with Crippen molar-refractivity contribution < 1.29 is 23.1 Å². The van der Waals surface area contributed by atoms with E-state index in [1.54, 1.807) is 47.5 Å². The van der Waals surface area contributed by atoms with Gasteiger partial charge in [0.25, 0.3) is 0 Å². The number of likely N-dealkylation sites (tertiary alicyclic amines) is 1. The molecular formula is C30H40ClN3O5S2. The molecule has 0 bridgehead atoms. The molecule has 3 aromatic rings. The van der Waals surface area contributed by atoms with Gasteiger partial charge in [-0.3, -0.25) is 0 Å². The molecule has 0 aliphatic carbocycles. The van der Waals surface area contributed by atoms with Crippen molar-refractivity contribution in [2.75, 3.05) is 46.4 Å². The molecule has 1 amide bonds. The number of rotatable bonds is 13. The molecule has 11 heteroatoms. The van der Waals surface area contributed by atoms with Gasteiger partial charge in [0.05, 0.1) is 11.5 Å². The van der Waals surface area contributed by atoms with E-state index in [0.29, 0.717) is 11.4 Å². The molecule has 2 heterocycles. The maximum atomic E-state index is 13.1. The number of halogens is 1. The number of carbonyl (C=O) groups excluding carboxylic acids is 1. The SMILES string of the molecule is CN(C[C@H](CCN1CCC(N(CCO)C(=O)OCc2ccccc2)CC1)c1ccsc1)S(=O)(=O)c1ccccc1.Cl. The zero-order chi connectivity index (χ0) is 28.4. The van der Waals surface area contributed by atoms with Crippen LogP contribution in [0.2, 0.25) is 0 Å². The van der Waals surface area contributed by atoms with Gasteiger partial charge in [0.2, 0.25) is 10.0 Å². The number of hydrogen-bond donors (Lipinski definition) is 1. The van der Waals surface area contributed by atoms with Gasteiger partial charge in [-0.05, 0) is 71.8 Å². The molecule has 1 fully saturated rings. The molecule has 1 N–H and O–H groups in total. The van der Waals surface area contributed by atoms with Crippen molar-refractivity contribution in [3.63, 3.8) is 0 Å². The van der Waals surface area contributed by atoms with Crippen molar-refractivity contribution in [1.29, 1.82) is 0 Å². The van der Waals surface area contributed by atoms with Gasteiger partial charge in [0.15, 0.2) is 0 Å². The molecule has 0 saturated carbocycles. The van der Waals surface area contributed by atoms with Gasteiger partial charge in [-0.1, -0.05) is 48.5 Å². The Morgan fingerprint density at radius 2 is 1.73 bits per heavy atom. The number of benzene rings is 2. The zero-order valence-electron chi connectivity index (χ0n) is 23.4. The Bertz CT molecular complexity index is 1270. The van der Waals surface area contributed by atoms with E-state index in [1.807, 2.05) is 41.8 Å². The number of likely N-dealkylation sites (N-methyl/N-ethyl adjacent to an activating group) is 1. The predicted octanol–water partition coefficient (Wildman–Crippen LogP) is 5.06. The van der Waals surface area contributed by atoms with Crippen molar-refractivity contribution in [1.82, 2.24) is 14.1 Å². The third-order valence-electron chi connectivity index (χ3n) is 7.52. The number of hydrogen-bond acceptors (Lipinski definition) is 7. The van der Waals surface area contributed by atoms with Crippen LogP contribution in [0.4, 0.5) is 4.79 Å². The second kappa shape index (κ2) is 16.2. The van der Waals surface area contributed by atoms with Crippen LogP contribution >= 0.6 is 23.7 Å². The number of sulfonamides is 1. The molecule has 8 nitrogen and oxygen atoms in total. The summed E-state index contributed by atoms with van der Waals surface area (Å²) in [7, 11) is -1.92. The van der Waals surface area contributed by atoms with Crippen molar-refractivity contribution in [3.05, 3.63) is 88.6 Å². The van der Waals surface area contributed by atoms with E-state index in [-0.39, 0.29) is 44.1 Å². The third-order valence-corrected chi connectivity index (χ3v) is 10.1. The van der Waals surface area contributed by atoms with Crippen molar-refractivity contribution in [2.24, 2.45) is 0 Å². The molecule has 41 heavy (non-hydrogen) atoms. The van der Waals surface area contributed by atoms with E-state index in [1.165, 1.54) is 4.31 Å². The smallest absolute Gasteiger partial charge is 0.410 e. The van der Waals surface area contributed by atoms with E-state index in [4.69, 9.17) is 4.74 Å². The van der Waals surface area contributed by atoms with Crippen LogP contribution in [0.25, 0.3) is 0 Å². The highest BCUT2D eigenvalue weighted by Gasteiger charge is 2.30. The highest BCUT2D eigenvalue weighted by molar-refractivity contribution is 7.89. The fourth-order valence-corrected chi connectivity index (χ4v) is 7.16. The average Bonchev–Trinajstić information content (AvgIpc) is 3.53. The number of ether oxygens (including phenoxy) is 1. The first-order chi connectivity index (χ1) is 19.4. The van der Waals surface area contributed by atoms with E-state index >= 15 is 0 Å². The first-order valence-corrected chi connectivity index (χ1v) is 16.1. The summed E-state index contributed by atoms with van der Waals surface area (Å²) >= 11 is 1.62. The average molecular weight is 622 g/mol. The van der Waals surface area contributed by atoms with E-state index in [2.05, 4.69) is 16.3 Å². The topological polar surface area (TPSA) is 90.4 Å². The minimum absolute atomic E-state index is 0. The van der Waals surface area contributed by atoms with Crippen LogP contribution in [-0.4, -0.2) is 86.1 Å². The number of aliphatic hydroxyl groups excluding tert-OH is 1. The van der Waals surface area contributed by atoms with Gasteiger partial charge in [0.1, 0.15) is 6.61 Å². The van der Waals surface area contributed by atoms with Crippen LogP contribution in [-0.2, 0) is 21.4 Å². The molecule has 1 atom stereocenters. The third kappa shape index (κ3) is 9.26. The van der Waals surface area contributed by atoms with Crippen molar-refractivity contribution >= 4 is 39.9 Å². The number of aliphatic hydroxyl groups is 1. The Hall–Kier alpha value is -2.47. The first-order valence-electron chi connectivity index (χ1n) is 13.7. The Morgan fingerprint density at radius 3 is 2.34 bits per heavy atom. The zero-order valence-corrected chi connectivity index (χ0v) is 25.8. The van der Waals surface area contributed by atoms with Crippen LogP contribution in [0.1, 0.15) is 36.3 Å². The van der Waals surface area contributed by atoms with Gasteiger partial charge in [-0.25, -0.2) is 17.5 Å². The van der Waals surface area contributed by atoms with Gasteiger partial charge >= 0.3 is 6.09 Å². The summed E-state index contributed by atoms with van der Waals surface area (Å²) in [4.78, 5) is 17.2. The maximum absolute atomic E-state index is 13.1. The standard InChI is InChI=1S/C30H39N3O5S2.ClH/c1-31(40(36,37)29-10-6-3-7-11-29)22-26(27-15-21-39-24-27)12-16-32-17-13-28(14-18-32)33(19-20-34)30(35)38-23-25-8-4-2-5-9-25;/h2-11,15,21,24,26,28,34H,12-14,16-20,22-23H2,1H3;1H/t26-;/m0./s1. The Morgan fingerprint density at radius 1 is 1.07 bits per heavy atom. The number of carbonyl (C=O) groups is 1. The molecule has 0 unspecified atom stereocenters. The normalized spacial score (nSPS) is 15.3. The van der Waals surface area contributed by atoms with Crippen LogP contribution in [0, 0.1) is 0 Å². The van der Waals surface area contributed by atoms with E-state index < -0.39 is 16.1 Å². The molecule has 1 saturated heterocycles. The Labute approximate surface area is 254 Å². The highest BCUT2D eigenvalue weighted by atomic mass is 35.5. The molecule has 0 spiro atoms. The molecule has 1 aromatic heterocycles. The van der Waals surface area contributed by atoms with Gasteiger partial charge in [-0.2, -0.15) is 11.3 Å². The lowest BCUT2D eigenvalue weighted by Gasteiger charge is -2.38. The monoisotopic (exact) mass is 621 g/mol. The predicted molar refractivity (Wildman–Crippen MR) is 165 cm³/mol. The number of nitrogens with zero attached hydrogens (tertiary/aromatic N) is 3. The minimum Gasteiger partial charge on any atom is -0.445 e. The quantitative estimate of drug-likeness (QED) is 0.287. The highest BCUT2D eigenvalue weighted by Crippen LogP contribution is 2.27. The lowest BCUT2D eigenvalue weighted by molar-refractivity contribution is 0.0521. The lowest BCUT2D eigenvalue weighted by atomic mass is 9.97. The number of piperidine rings is 1. The van der Waals surface area contributed by atoms with Crippen molar-refractivity contribution in [3.8, 4) is 0 Å². The van der Waals surface area contributed by atoms with Gasteiger partial charge < -0.3 is 19.6 Å². The molecule has 2 aromatic carbocycles. The molecule has 1 aliphatic rings. The second-order valence-electron chi connectivity index (χ2n) is 10.2. The van der Waals surface area contributed by atoms with Gasteiger partial charge in [-0.15, -0.1) is 12.4 Å². The summed E-state index contributed by atoms with van der Waals surface area (Å²) in [6, 6.07) is 20.2. The minimum atomic E-state index is -3.57. The van der Waals surface area contributed by atoms with E-state index in [0.717, 1.165) is 50.0 Å². The Kier molecular flexibility index (Phi) is 13.1. The molecule has 224 valence electrons. The first kappa shape index (κ1) is 33.0. The molecule has 4 rings (SSSR count). The maximum Gasteiger partial charge on any atom is 0.410 e. The van der Waals surface area contributed by atoms with Crippen molar-refractivity contribution in [2.45, 2.75) is 42.7 Å². The summed E-state index contributed by atoms with van der Waals surface area (Å²) in [6.07, 6.45) is 2.03. The van der Waals surface area contributed by atoms with Crippen LogP contribution in [0.3, 0.4) is 0 Å². The summed E-state index contributed by atoms with van der Waals surface area (Å²) in [5.74, 6) is 0.0753. The van der Waals surface area contributed by atoms with Crippen LogP contribution in [0.5, 0.6) is 0 Å². The largest absolute Gasteiger partial charge is 0.445 e. The van der Waals surface area contributed by atoms with Crippen LogP contribution in [0.15, 0.2) is 82.4 Å². The van der Waals surface area contributed by atoms with E-state index in [9.17, 15) is 18.3 Å². The summed E-state index contributed by atoms with van der Waals surface area (Å²) < 4.78 is 33.3. The van der Waals surface area contributed by atoms with Gasteiger partial charge in [0, 0.05) is 39.3 Å². The fraction of sp³-hybridized carbons (Fsp3) is 0.433. The number of amides is 1. The summed E-state index contributed by atoms with van der Waals surface area (Å²) in [5.41, 5.74) is 2.09.